The van der Waals surface area contributed by atoms with Gasteiger partial charge in [0.25, 0.3) is 0 Å². The van der Waals surface area contributed by atoms with E-state index in [1.807, 2.05) is 30.8 Å². The van der Waals surface area contributed by atoms with E-state index in [1.165, 1.54) is 0 Å². The molecule has 0 unspecified atom stereocenters. The number of hydrazine groups is 1. The lowest BCUT2D eigenvalue weighted by atomic mass is 10.1. The van der Waals surface area contributed by atoms with E-state index < -0.39 is 5.91 Å². The zero-order valence-electron chi connectivity index (χ0n) is 25.6. The van der Waals surface area contributed by atoms with E-state index in [9.17, 15) is 4.79 Å². The lowest BCUT2D eigenvalue weighted by molar-refractivity contribution is 0.0358. The van der Waals surface area contributed by atoms with Crippen molar-refractivity contribution in [3.63, 3.8) is 0 Å². The van der Waals surface area contributed by atoms with Crippen LogP contribution in [0.1, 0.15) is 22.3 Å². The zero-order valence-corrected chi connectivity index (χ0v) is 25.6. The molecule has 0 aliphatic carbocycles. The number of hydrogen-bond donors (Lipinski definition) is 5. The number of methoxy groups -OCH3 is 1. The molecule has 1 fully saturated rings. The zero-order chi connectivity index (χ0) is 31.1. The molecule has 2 aromatic carbocycles. The van der Waals surface area contributed by atoms with Crippen LogP contribution in [0, 0.1) is 0 Å². The first-order chi connectivity index (χ1) is 21.5. The summed E-state index contributed by atoms with van der Waals surface area (Å²) in [6, 6.07) is 7.37. The van der Waals surface area contributed by atoms with Gasteiger partial charge in [-0.15, -0.1) is 0 Å². The number of nitrogens with one attached hydrogen (secondary N) is 3. The Hall–Kier alpha value is -4.37. The van der Waals surface area contributed by atoms with Gasteiger partial charge in [-0.1, -0.05) is 12.2 Å². The Kier molecular flexibility index (Phi) is 10.2. The monoisotopic (exact) mass is 606 g/mol. The summed E-state index contributed by atoms with van der Waals surface area (Å²) < 4.78 is 21.5. The van der Waals surface area contributed by atoms with Gasteiger partial charge in [0.2, 0.25) is 17.8 Å². The number of nitrogens with zero attached hydrogens (tertiary/aromatic N) is 5. The summed E-state index contributed by atoms with van der Waals surface area (Å²) in [6.45, 7) is 6.35. The number of nitrogens with two attached hydrogens (primary N) is 2. The number of carbonyl (C=O) groups is 1. The molecular formula is C30H42N10O4. The highest BCUT2D eigenvalue weighted by atomic mass is 16.5. The highest BCUT2D eigenvalue weighted by Gasteiger charge is 2.19. The van der Waals surface area contributed by atoms with Gasteiger partial charge in [-0.2, -0.15) is 0 Å². The van der Waals surface area contributed by atoms with Crippen LogP contribution in [-0.4, -0.2) is 90.6 Å². The van der Waals surface area contributed by atoms with Crippen LogP contribution in [0.4, 0.5) is 11.9 Å². The molecular weight excluding hydrogens is 564 g/mol. The van der Waals surface area contributed by atoms with Gasteiger partial charge in [0, 0.05) is 58.9 Å². The summed E-state index contributed by atoms with van der Waals surface area (Å²) in [4.78, 5) is 24.0. The predicted molar refractivity (Wildman–Crippen MR) is 171 cm³/mol. The number of ether oxygens (including phenoxy) is 3. The number of aromatic nitrogens is 4. The van der Waals surface area contributed by atoms with E-state index in [4.69, 9.17) is 35.8 Å². The number of rotatable bonds is 15. The van der Waals surface area contributed by atoms with Crippen LogP contribution < -0.4 is 37.1 Å². The molecule has 0 radical (unpaired) electrons. The Bertz CT molecular complexity index is 1620. The number of amides is 1. The van der Waals surface area contributed by atoms with Crippen molar-refractivity contribution in [3.05, 3.63) is 47.5 Å². The van der Waals surface area contributed by atoms with Crippen molar-refractivity contribution < 1.29 is 19.0 Å². The average Bonchev–Trinajstić information content (AvgIpc) is 3.58. The highest BCUT2D eigenvalue weighted by molar-refractivity contribution is 5.99. The van der Waals surface area contributed by atoms with Crippen molar-refractivity contribution in [2.45, 2.75) is 26.1 Å². The molecule has 14 heteroatoms. The largest absolute Gasteiger partial charge is 0.494 e. The summed E-state index contributed by atoms with van der Waals surface area (Å²) in [6.07, 6.45) is 4.98. The molecule has 7 N–H and O–H groups in total. The molecule has 44 heavy (non-hydrogen) atoms. The van der Waals surface area contributed by atoms with E-state index in [2.05, 4.69) is 37.7 Å². The van der Waals surface area contributed by atoms with Gasteiger partial charge in [0.1, 0.15) is 22.5 Å². The van der Waals surface area contributed by atoms with Gasteiger partial charge in [-0.05, 0) is 36.2 Å². The Labute approximate surface area is 256 Å². The van der Waals surface area contributed by atoms with Crippen molar-refractivity contribution in [1.29, 1.82) is 0 Å². The first kappa shape index (κ1) is 31.1. The Morgan fingerprint density at radius 1 is 0.977 bits per heavy atom. The highest BCUT2D eigenvalue weighted by Crippen LogP contribution is 2.32. The van der Waals surface area contributed by atoms with Gasteiger partial charge in [-0.25, -0.2) is 9.97 Å². The number of carbonyl (C=O) groups excluding carboxylic acids is 1. The number of morpholine rings is 1. The fourth-order valence-electron chi connectivity index (χ4n) is 5.54. The molecule has 0 bridgehead atoms. The van der Waals surface area contributed by atoms with E-state index in [0.29, 0.717) is 54.8 Å². The summed E-state index contributed by atoms with van der Waals surface area (Å²) in [5.41, 5.74) is 12.8. The minimum Gasteiger partial charge on any atom is -0.494 e. The third-order valence-corrected chi connectivity index (χ3v) is 7.65. The second-order valence-corrected chi connectivity index (χ2v) is 10.5. The Balaban J connectivity index is 1.39. The smallest absolute Gasteiger partial charge is 0.248 e. The maximum absolute atomic E-state index is 12.1. The molecule has 2 aromatic heterocycles. The predicted octanol–water partition coefficient (Wildman–Crippen LogP) is 1.90. The van der Waals surface area contributed by atoms with Crippen molar-refractivity contribution in [1.82, 2.24) is 29.4 Å². The molecule has 236 valence electrons. The molecule has 1 aliphatic rings. The molecule has 0 spiro atoms. The van der Waals surface area contributed by atoms with Crippen LogP contribution in [0.2, 0.25) is 0 Å². The minimum absolute atomic E-state index is 0.356. The minimum atomic E-state index is -0.528. The van der Waals surface area contributed by atoms with E-state index in [-0.39, 0.29) is 0 Å². The first-order valence-corrected chi connectivity index (χ1v) is 14.8. The molecule has 1 saturated heterocycles. The maximum Gasteiger partial charge on any atom is 0.248 e. The molecule has 0 atom stereocenters. The number of anilines is 2. The second-order valence-electron chi connectivity index (χ2n) is 10.5. The fraction of sp³-hybridized carbons (Fsp3) is 0.433. The van der Waals surface area contributed by atoms with E-state index in [1.54, 1.807) is 19.2 Å². The number of imidazole rings is 2. The lowest BCUT2D eigenvalue weighted by Gasteiger charge is -2.26. The molecule has 1 amide bonds. The van der Waals surface area contributed by atoms with Crippen LogP contribution in [0.5, 0.6) is 11.5 Å². The number of fused-ring (bicyclic) bond motifs is 2. The number of hydrogen-bond acceptors (Lipinski definition) is 11. The maximum atomic E-state index is 12.1. The second kappa shape index (κ2) is 14.4. The quantitative estimate of drug-likeness (QED) is 0.0579. The van der Waals surface area contributed by atoms with Crippen molar-refractivity contribution in [2.24, 2.45) is 11.6 Å². The molecule has 1 aliphatic heterocycles. The van der Waals surface area contributed by atoms with Crippen LogP contribution in [0.3, 0.4) is 0 Å². The van der Waals surface area contributed by atoms with Gasteiger partial charge < -0.3 is 39.7 Å². The van der Waals surface area contributed by atoms with E-state index >= 15 is 0 Å². The van der Waals surface area contributed by atoms with Crippen LogP contribution in [0.25, 0.3) is 22.1 Å². The molecule has 5 rings (SSSR count). The first-order valence-electron chi connectivity index (χ1n) is 14.8. The van der Waals surface area contributed by atoms with E-state index in [0.717, 1.165) is 67.3 Å². The summed E-state index contributed by atoms with van der Waals surface area (Å²) >= 11 is 0. The standard InChI is InChI=1S/C30H42N10O4/c1-33-29-36-22-15-20(19-35-32)16-24(42-3)26(22)39(29)8-4-5-9-40-27-23(37-30(40)34-2)17-21(28(31)41)18-25(27)44-12-6-7-38-10-13-43-14-11-38/h4-5,15-18,35H,6-14,19,32H2,1-3H3,(H2,31,41)(H,33,36)(H,34,37)/b5-4+. The SMILES string of the molecule is CNc1nc2cc(CNN)cc(OC)c2n1C/C=C/Cn1c(NC)nc2cc(C(N)=O)cc(OCCCN3CCOCC3)c21. The van der Waals surface area contributed by atoms with Gasteiger partial charge >= 0.3 is 0 Å². The molecule has 3 heterocycles. The molecule has 14 nitrogen and oxygen atoms in total. The van der Waals surface area contributed by atoms with Crippen LogP contribution >= 0.6 is 0 Å². The summed E-state index contributed by atoms with van der Waals surface area (Å²) in [7, 11) is 5.31. The molecule has 4 aromatic rings. The van der Waals surface area contributed by atoms with Crippen molar-refractivity contribution >= 4 is 39.9 Å². The number of allylic oxidation sites excluding steroid dienone is 2. The summed E-state index contributed by atoms with van der Waals surface area (Å²) in [5, 5.41) is 6.36. The van der Waals surface area contributed by atoms with Gasteiger partial charge in [0.15, 0.2) is 0 Å². The topological polar surface area (TPSA) is 172 Å². The molecule has 0 saturated carbocycles. The lowest BCUT2D eigenvalue weighted by Crippen LogP contribution is -2.37. The van der Waals surface area contributed by atoms with Gasteiger partial charge in [-0.3, -0.25) is 21.0 Å². The normalized spacial score (nSPS) is 14.1. The third kappa shape index (κ3) is 6.73. The van der Waals surface area contributed by atoms with Crippen molar-refractivity contribution in [3.8, 4) is 11.5 Å². The van der Waals surface area contributed by atoms with Crippen LogP contribution in [-0.2, 0) is 24.4 Å². The van der Waals surface area contributed by atoms with Gasteiger partial charge in [0.05, 0.1) is 38.0 Å². The Morgan fingerprint density at radius 2 is 1.61 bits per heavy atom. The number of benzene rings is 2. The van der Waals surface area contributed by atoms with Crippen molar-refractivity contribution in [2.75, 3.05) is 71.3 Å². The Morgan fingerprint density at radius 3 is 2.20 bits per heavy atom. The summed E-state index contributed by atoms with van der Waals surface area (Å²) in [5.74, 6) is 7.67. The number of primary amides is 1. The average molecular weight is 607 g/mol. The third-order valence-electron chi connectivity index (χ3n) is 7.65. The van der Waals surface area contributed by atoms with Crippen LogP contribution in [0.15, 0.2) is 36.4 Å². The fourth-order valence-corrected chi connectivity index (χ4v) is 5.54.